The highest BCUT2D eigenvalue weighted by Gasteiger charge is 2.53. The van der Waals surface area contributed by atoms with E-state index in [9.17, 15) is 61.0 Å². The van der Waals surface area contributed by atoms with Gasteiger partial charge >= 0.3 is 0 Å². The van der Waals surface area contributed by atoms with Crippen molar-refractivity contribution in [1.82, 2.24) is 5.32 Å². The van der Waals surface area contributed by atoms with Gasteiger partial charge in [-0.05, 0) is 103 Å². The van der Waals surface area contributed by atoms with Crippen LogP contribution in [0.3, 0.4) is 0 Å². The van der Waals surface area contributed by atoms with Crippen LogP contribution in [0.25, 0.3) is 0 Å². The summed E-state index contributed by atoms with van der Waals surface area (Å²) in [7, 11) is 0. The van der Waals surface area contributed by atoms with Crippen LogP contribution >= 0.6 is 0 Å². The van der Waals surface area contributed by atoms with Crippen LogP contribution < -0.4 is 5.32 Å². The Morgan fingerprint density at radius 2 is 0.753 bits per heavy atom. The molecule has 12 N–H and O–H groups in total. The highest BCUT2D eigenvalue weighted by molar-refractivity contribution is 5.76. The number of amides is 1. The Morgan fingerprint density at radius 3 is 1.20 bits per heavy atom. The zero-order chi connectivity index (χ0) is 67.5. The lowest BCUT2D eigenvalue weighted by atomic mass is 9.96. The third-order valence-corrected chi connectivity index (χ3v) is 16.7. The highest BCUT2D eigenvalue weighted by atomic mass is 16.8. The van der Waals surface area contributed by atoms with Gasteiger partial charge < -0.3 is 89.9 Å². The zero-order valence-electron chi connectivity index (χ0n) is 56.2. The van der Waals surface area contributed by atoms with Crippen LogP contribution in [0, 0.1) is 0 Å². The van der Waals surface area contributed by atoms with E-state index in [-0.39, 0.29) is 18.9 Å². The van der Waals surface area contributed by atoms with Gasteiger partial charge in [-0.3, -0.25) is 4.79 Å². The zero-order valence-corrected chi connectivity index (χ0v) is 56.2. The van der Waals surface area contributed by atoms with Crippen molar-refractivity contribution < 1.29 is 89.4 Å². The minimum atomic E-state index is -1.99. The van der Waals surface area contributed by atoms with Gasteiger partial charge in [0.05, 0.1) is 38.6 Å². The van der Waals surface area contributed by atoms with Gasteiger partial charge in [-0.15, -0.1) is 0 Å². The number of rotatable bonds is 52. The van der Waals surface area contributed by atoms with Crippen molar-refractivity contribution in [3.8, 4) is 0 Å². The molecule has 17 atom stereocenters. The summed E-state index contributed by atoms with van der Waals surface area (Å²) in [5, 5.41) is 120. The SMILES string of the molecule is CC/C=C\C/C=C\C/C=C\C/C=C\C/C=C\C/C=C\C/C=C\CCCCCCCCCCCCCCCC(=O)NC(COC1OC(CO)C(OC2OC(CO)C(OC3OC(CO)C(O)C(O)C3O)C(O)C2O)C(O)C1O)C(O)/C=C/CC/C=C/CC/C=C/CCCCC. The topological polar surface area (TPSA) is 307 Å². The smallest absolute Gasteiger partial charge is 0.220 e. The van der Waals surface area contributed by atoms with E-state index in [1.165, 1.54) is 70.6 Å². The third-order valence-electron chi connectivity index (χ3n) is 16.7. The molecule has 0 bridgehead atoms. The van der Waals surface area contributed by atoms with E-state index in [1.807, 2.05) is 6.08 Å². The van der Waals surface area contributed by atoms with E-state index < -0.39 is 124 Å². The third kappa shape index (κ3) is 35.8. The van der Waals surface area contributed by atoms with Crippen LogP contribution in [0.4, 0.5) is 0 Å². The summed E-state index contributed by atoms with van der Waals surface area (Å²) in [6.45, 7) is 1.53. The largest absolute Gasteiger partial charge is 0.394 e. The highest BCUT2D eigenvalue weighted by Crippen LogP contribution is 2.33. The molecule has 19 nitrogen and oxygen atoms in total. The Hall–Kier alpha value is -3.81. The van der Waals surface area contributed by atoms with Crippen molar-refractivity contribution in [2.45, 2.75) is 311 Å². The Labute approximate surface area is 557 Å². The lowest BCUT2D eigenvalue weighted by Gasteiger charge is -2.48. The number of carbonyl (C=O) groups excluding carboxylic acids is 1. The molecule has 0 aromatic rings. The molecule has 532 valence electrons. The van der Waals surface area contributed by atoms with E-state index >= 15 is 0 Å². The summed E-state index contributed by atoms with van der Waals surface area (Å²) in [6, 6.07) is -1.00. The van der Waals surface area contributed by atoms with Crippen molar-refractivity contribution in [2.24, 2.45) is 0 Å². The molecule has 17 unspecified atom stereocenters. The fourth-order valence-electron chi connectivity index (χ4n) is 11.0. The molecule has 1 amide bonds. The molecule has 3 fully saturated rings. The summed E-state index contributed by atoms with van der Waals surface area (Å²) in [6.07, 6.45) is 47.6. The molecule has 0 spiro atoms. The number of allylic oxidation sites excluding steroid dienone is 19. The standard InChI is InChI=1S/C74H123NO18/c1-3-5-7-9-11-13-15-17-18-19-20-21-22-23-24-25-26-27-28-29-30-31-32-33-34-35-36-37-38-40-42-44-46-48-50-52-62(80)75-57(58(79)51-49-47-45-43-41-39-16-14-12-10-8-6-4-2)56-88-72-68(86)65(83)70(60(54-77)90-72)93-74-69(87)66(84)71(61(55-78)91-74)92-73-67(85)64(82)63(81)59(53-76)89-73/h5,7,11-14,17-18,20-21,23-24,26-27,29-30,41,43,49,51,57-61,63-74,76-79,81-87H,3-4,6,8-10,15-16,19,22,25,28,31-40,42,44-48,50,52-56H2,1-2H3,(H,75,80)/b7-5-,13-11-,14-12+,18-17-,21-20-,24-23-,27-26-,30-29-,43-41+,51-49+. The average molecular weight is 1310 g/mol. The first-order valence-electron chi connectivity index (χ1n) is 35.3. The molecule has 0 saturated carbocycles. The second-order valence-electron chi connectivity index (χ2n) is 24.6. The Balaban J connectivity index is 1.36. The van der Waals surface area contributed by atoms with Crippen LogP contribution in [0.5, 0.6) is 0 Å². The van der Waals surface area contributed by atoms with Gasteiger partial charge in [0, 0.05) is 6.42 Å². The fraction of sp³-hybridized carbons (Fsp3) is 0.716. The normalized spacial score (nSPS) is 28.3. The summed E-state index contributed by atoms with van der Waals surface area (Å²) in [4.78, 5) is 13.4. The predicted molar refractivity (Wildman–Crippen MR) is 364 cm³/mol. The second kappa shape index (κ2) is 54.2. The van der Waals surface area contributed by atoms with Crippen molar-refractivity contribution in [2.75, 3.05) is 26.4 Å². The summed E-state index contributed by atoms with van der Waals surface area (Å²) in [5.41, 5.74) is 0. The number of aliphatic hydroxyl groups is 11. The van der Waals surface area contributed by atoms with Crippen molar-refractivity contribution >= 4 is 5.91 Å². The van der Waals surface area contributed by atoms with Gasteiger partial charge in [0.25, 0.3) is 0 Å². The van der Waals surface area contributed by atoms with Crippen LogP contribution in [-0.4, -0.2) is 193 Å². The van der Waals surface area contributed by atoms with Crippen molar-refractivity contribution in [3.05, 3.63) is 122 Å². The Morgan fingerprint density at radius 1 is 0.398 bits per heavy atom. The van der Waals surface area contributed by atoms with E-state index in [1.54, 1.807) is 6.08 Å². The molecule has 0 radical (unpaired) electrons. The molecule has 0 aromatic carbocycles. The number of unbranched alkanes of at least 4 members (excludes halogenated alkanes) is 18. The number of ether oxygens (including phenoxy) is 6. The van der Waals surface area contributed by atoms with Crippen LogP contribution in [0.1, 0.15) is 206 Å². The summed E-state index contributed by atoms with van der Waals surface area (Å²) in [5.74, 6) is -0.297. The van der Waals surface area contributed by atoms with E-state index in [2.05, 4.69) is 129 Å². The molecule has 3 saturated heterocycles. The average Bonchev–Trinajstić information content (AvgIpc) is 0.842. The van der Waals surface area contributed by atoms with E-state index in [0.29, 0.717) is 12.8 Å². The van der Waals surface area contributed by atoms with E-state index in [0.717, 1.165) is 103 Å². The first-order chi connectivity index (χ1) is 45.3. The molecule has 0 aliphatic carbocycles. The van der Waals surface area contributed by atoms with Crippen molar-refractivity contribution in [1.29, 1.82) is 0 Å². The van der Waals surface area contributed by atoms with Crippen LogP contribution in [-0.2, 0) is 33.2 Å². The summed E-state index contributed by atoms with van der Waals surface area (Å²) >= 11 is 0. The second-order valence-corrected chi connectivity index (χ2v) is 24.6. The molecule has 3 rings (SSSR count). The number of carbonyl (C=O) groups is 1. The van der Waals surface area contributed by atoms with Gasteiger partial charge in [-0.25, -0.2) is 0 Å². The number of hydrogen-bond donors (Lipinski definition) is 12. The molecule has 3 heterocycles. The predicted octanol–water partition coefficient (Wildman–Crippen LogP) is 9.60. The quantitative estimate of drug-likeness (QED) is 0.0199. The minimum absolute atomic E-state index is 0.223. The van der Waals surface area contributed by atoms with Gasteiger partial charge in [-0.1, -0.05) is 219 Å². The number of aliphatic hydroxyl groups excluding tert-OH is 11. The molecule has 0 aromatic heterocycles. The molecular weight excluding hydrogens is 1190 g/mol. The van der Waals surface area contributed by atoms with Gasteiger partial charge in [0.15, 0.2) is 18.9 Å². The number of hydrogen-bond acceptors (Lipinski definition) is 18. The van der Waals surface area contributed by atoms with Gasteiger partial charge in [0.1, 0.15) is 73.2 Å². The molecule has 19 heteroatoms. The maximum Gasteiger partial charge on any atom is 0.220 e. The van der Waals surface area contributed by atoms with E-state index in [4.69, 9.17) is 28.4 Å². The maximum atomic E-state index is 13.4. The monoisotopic (exact) mass is 1310 g/mol. The maximum absolute atomic E-state index is 13.4. The minimum Gasteiger partial charge on any atom is -0.394 e. The molecule has 93 heavy (non-hydrogen) atoms. The summed E-state index contributed by atoms with van der Waals surface area (Å²) < 4.78 is 34.3. The lowest BCUT2D eigenvalue weighted by molar-refractivity contribution is -0.379. The lowest BCUT2D eigenvalue weighted by Crippen LogP contribution is -2.66. The first kappa shape index (κ1) is 83.4. The Bertz CT molecular complexity index is 2160. The van der Waals surface area contributed by atoms with Crippen molar-refractivity contribution in [3.63, 3.8) is 0 Å². The number of nitrogens with one attached hydrogen (secondary N) is 1. The fourth-order valence-corrected chi connectivity index (χ4v) is 11.0. The molecule has 3 aliphatic heterocycles. The van der Waals surface area contributed by atoms with Gasteiger partial charge in [-0.2, -0.15) is 0 Å². The van der Waals surface area contributed by atoms with Gasteiger partial charge in [0.2, 0.25) is 5.91 Å². The molecular formula is C74H123NO18. The Kier molecular flexibility index (Phi) is 48.6. The molecule has 3 aliphatic rings. The first-order valence-corrected chi connectivity index (χ1v) is 35.3. The van der Waals surface area contributed by atoms with Crippen LogP contribution in [0.2, 0.25) is 0 Å². The van der Waals surface area contributed by atoms with Crippen LogP contribution in [0.15, 0.2) is 122 Å².